The number of imidazole rings is 1. The molecule has 0 amide bonds. The Kier molecular flexibility index (Phi) is 3.38. The van der Waals surface area contributed by atoms with Crippen LogP contribution >= 0.6 is 0 Å². The number of carboxylic acid groups (broad SMARTS) is 1. The molecule has 1 aromatic heterocycles. The number of hydrogen-bond acceptors (Lipinski definition) is 3. The maximum atomic E-state index is 10.9. The fourth-order valence-electron chi connectivity index (χ4n) is 1.76. The van der Waals surface area contributed by atoms with E-state index in [4.69, 9.17) is 10.8 Å². The second kappa shape index (κ2) is 4.25. The van der Waals surface area contributed by atoms with E-state index in [1.807, 2.05) is 25.3 Å². The van der Waals surface area contributed by atoms with Crippen LogP contribution in [0, 0.1) is 13.8 Å². The van der Waals surface area contributed by atoms with Crippen LogP contribution < -0.4 is 5.73 Å². The summed E-state index contributed by atoms with van der Waals surface area (Å²) < 4.78 is 1.96. The normalized spacial score (nSPS) is 16.8. The Labute approximate surface area is 95.3 Å². The van der Waals surface area contributed by atoms with Crippen molar-refractivity contribution in [2.24, 2.45) is 5.73 Å². The van der Waals surface area contributed by atoms with Crippen LogP contribution in [0.1, 0.15) is 37.7 Å². The van der Waals surface area contributed by atoms with Crippen molar-refractivity contribution in [2.45, 2.75) is 45.7 Å². The highest BCUT2D eigenvalue weighted by molar-refractivity contribution is 5.77. The Morgan fingerprint density at radius 3 is 2.62 bits per heavy atom. The van der Waals surface area contributed by atoms with Crippen molar-refractivity contribution in [1.82, 2.24) is 9.55 Å². The highest BCUT2D eigenvalue weighted by Gasteiger charge is 2.30. The van der Waals surface area contributed by atoms with Crippen molar-refractivity contribution in [3.8, 4) is 0 Å². The molecule has 16 heavy (non-hydrogen) atoms. The maximum absolute atomic E-state index is 10.9. The van der Waals surface area contributed by atoms with Gasteiger partial charge in [0.15, 0.2) is 0 Å². The number of aromatic nitrogens is 2. The third-order valence-electron chi connectivity index (χ3n) is 2.97. The van der Waals surface area contributed by atoms with Gasteiger partial charge in [-0.15, -0.1) is 0 Å². The van der Waals surface area contributed by atoms with E-state index < -0.39 is 11.5 Å². The molecule has 0 aromatic carbocycles. The smallest absolute Gasteiger partial charge is 0.323 e. The molecule has 90 valence electrons. The lowest BCUT2D eigenvalue weighted by atomic mass is 9.95. The minimum atomic E-state index is -1.20. The SMILES string of the molecule is Cc1ncn(C(C)CC(C)(N)C(=O)O)c1C. The van der Waals surface area contributed by atoms with Gasteiger partial charge in [0.05, 0.1) is 12.0 Å². The first-order valence-electron chi connectivity index (χ1n) is 5.28. The molecule has 5 nitrogen and oxygen atoms in total. The van der Waals surface area contributed by atoms with Crippen LogP contribution in [0.5, 0.6) is 0 Å². The summed E-state index contributed by atoms with van der Waals surface area (Å²) >= 11 is 0. The molecule has 0 fully saturated rings. The lowest BCUT2D eigenvalue weighted by molar-refractivity contribution is -0.143. The minimum Gasteiger partial charge on any atom is -0.480 e. The summed E-state index contributed by atoms with van der Waals surface area (Å²) in [4.78, 5) is 15.1. The van der Waals surface area contributed by atoms with Crippen LogP contribution in [0.4, 0.5) is 0 Å². The summed E-state index contributed by atoms with van der Waals surface area (Å²) in [6.45, 7) is 7.37. The zero-order chi connectivity index (χ0) is 12.5. The number of nitrogens with two attached hydrogens (primary N) is 1. The van der Waals surface area contributed by atoms with E-state index >= 15 is 0 Å². The Morgan fingerprint density at radius 1 is 1.69 bits per heavy atom. The molecular formula is C11H19N3O2. The third-order valence-corrected chi connectivity index (χ3v) is 2.97. The summed E-state index contributed by atoms with van der Waals surface area (Å²) in [7, 11) is 0. The summed E-state index contributed by atoms with van der Waals surface area (Å²) in [6.07, 6.45) is 2.10. The van der Waals surface area contributed by atoms with Crippen molar-refractivity contribution in [3.63, 3.8) is 0 Å². The highest BCUT2D eigenvalue weighted by atomic mass is 16.4. The predicted octanol–water partition coefficient (Wildman–Crippen LogP) is 1.25. The number of hydrogen-bond donors (Lipinski definition) is 2. The number of carbonyl (C=O) groups is 1. The van der Waals surface area contributed by atoms with Gasteiger partial charge in [-0.2, -0.15) is 0 Å². The molecule has 1 rings (SSSR count). The average molecular weight is 225 g/mol. The van der Waals surface area contributed by atoms with Crippen molar-refractivity contribution >= 4 is 5.97 Å². The zero-order valence-electron chi connectivity index (χ0n) is 10.2. The first-order valence-corrected chi connectivity index (χ1v) is 5.28. The van der Waals surface area contributed by atoms with Crippen molar-refractivity contribution in [2.75, 3.05) is 0 Å². The largest absolute Gasteiger partial charge is 0.480 e. The number of rotatable bonds is 4. The molecular weight excluding hydrogens is 206 g/mol. The standard InChI is InChI=1S/C11H19N3O2/c1-7(5-11(4,12)10(15)16)14-6-13-8(2)9(14)3/h6-7H,5,12H2,1-4H3,(H,15,16). The van der Waals surface area contributed by atoms with E-state index in [1.165, 1.54) is 6.92 Å². The lowest BCUT2D eigenvalue weighted by Gasteiger charge is -2.25. The van der Waals surface area contributed by atoms with Crippen LogP contribution in [0.15, 0.2) is 6.33 Å². The van der Waals surface area contributed by atoms with Gasteiger partial charge in [-0.1, -0.05) is 0 Å². The van der Waals surface area contributed by atoms with Gasteiger partial charge in [-0.3, -0.25) is 4.79 Å². The van der Waals surface area contributed by atoms with Gasteiger partial charge < -0.3 is 15.4 Å². The van der Waals surface area contributed by atoms with E-state index in [2.05, 4.69) is 4.98 Å². The Balaban J connectivity index is 2.84. The quantitative estimate of drug-likeness (QED) is 0.808. The molecule has 1 aromatic rings. The molecule has 0 saturated heterocycles. The fraction of sp³-hybridized carbons (Fsp3) is 0.636. The average Bonchev–Trinajstić information content (AvgIpc) is 2.46. The van der Waals surface area contributed by atoms with E-state index in [1.54, 1.807) is 6.33 Å². The van der Waals surface area contributed by atoms with Crippen molar-refractivity contribution < 1.29 is 9.90 Å². The second-order valence-electron chi connectivity index (χ2n) is 4.60. The van der Waals surface area contributed by atoms with Gasteiger partial charge in [0.2, 0.25) is 0 Å². The van der Waals surface area contributed by atoms with E-state index in [0.717, 1.165) is 11.4 Å². The molecule has 2 unspecified atom stereocenters. The number of aliphatic carboxylic acids is 1. The molecule has 5 heteroatoms. The zero-order valence-corrected chi connectivity index (χ0v) is 10.2. The summed E-state index contributed by atoms with van der Waals surface area (Å²) in [5.41, 5.74) is 6.53. The fourth-order valence-corrected chi connectivity index (χ4v) is 1.76. The second-order valence-corrected chi connectivity index (χ2v) is 4.60. The topological polar surface area (TPSA) is 81.1 Å². The monoisotopic (exact) mass is 225 g/mol. The highest BCUT2D eigenvalue weighted by Crippen LogP contribution is 2.21. The van der Waals surface area contributed by atoms with Gasteiger partial charge in [0.1, 0.15) is 5.54 Å². The molecule has 1 heterocycles. The minimum absolute atomic E-state index is 0.0206. The van der Waals surface area contributed by atoms with Gasteiger partial charge >= 0.3 is 5.97 Å². The van der Waals surface area contributed by atoms with Crippen molar-refractivity contribution in [1.29, 1.82) is 0 Å². The molecule has 0 aliphatic carbocycles. The van der Waals surface area contributed by atoms with E-state index in [0.29, 0.717) is 6.42 Å². The predicted molar refractivity (Wildman–Crippen MR) is 61.3 cm³/mol. The lowest BCUT2D eigenvalue weighted by Crippen LogP contribution is -2.46. The van der Waals surface area contributed by atoms with Crippen LogP contribution in [-0.4, -0.2) is 26.2 Å². The van der Waals surface area contributed by atoms with Gasteiger partial charge in [0.25, 0.3) is 0 Å². The Hall–Kier alpha value is -1.36. The molecule has 0 bridgehead atoms. The van der Waals surface area contributed by atoms with Gasteiger partial charge in [0, 0.05) is 11.7 Å². The van der Waals surface area contributed by atoms with Crippen molar-refractivity contribution in [3.05, 3.63) is 17.7 Å². The van der Waals surface area contributed by atoms with Crippen LogP contribution in [0.25, 0.3) is 0 Å². The molecule has 0 aliphatic heterocycles. The van der Waals surface area contributed by atoms with Crippen LogP contribution in [0.3, 0.4) is 0 Å². The number of carboxylic acids is 1. The molecule has 0 aliphatic rings. The molecule has 2 atom stereocenters. The molecule has 0 spiro atoms. The van der Waals surface area contributed by atoms with Crippen LogP contribution in [0.2, 0.25) is 0 Å². The first-order chi connectivity index (χ1) is 7.25. The molecule has 0 saturated carbocycles. The third kappa shape index (κ3) is 2.41. The molecule has 0 radical (unpaired) electrons. The van der Waals surface area contributed by atoms with Gasteiger partial charge in [-0.05, 0) is 34.1 Å². The number of nitrogens with zero attached hydrogens (tertiary/aromatic N) is 2. The molecule has 3 N–H and O–H groups in total. The number of aryl methyl sites for hydroxylation is 1. The van der Waals surface area contributed by atoms with E-state index in [-0.39, 0.29) is 6.04 Å². The maximum Gasteiger partial charge on any atom is 0.323 e. The van der Waals surface area contributed by atoms with Gasteiger partial charge in [-0.25, -0.2) is 4.98 Å². The summed E-state index contributed by atoms with van der Waals surface area (Å²) in [6, 6.07) is 0.0206. The summed E-state index contributed by atoms with van der Waals surface area (Å²) in [5, 5.41) is 8.96. The Morgan fingerprint density at radius 2 is 2.25 bits per heavy atom. The first kappa shape index (κ1) is 12.7. The summed E-state index contributed by atoms with van der Waals surface area (Å²) in [5.74, 6) is -0.978. The van der Waals surface area contributed by atoms with E-state index in [9.17, 15) is 4.79 Å². The Bertz CT molecular complexity index is 396. The van der Waals surface area contributed by atoms with Crippen LogP contribution in [-0.2, 0) is 4.79 Å².